The Labute approximate surface area is 127 Å². The molecule has 0 saturated carbocycles. The second-order valence-electron chi connectivity index (χ2n) is 5.01. The zero-order valence-corrected chi connectivity index (χ0v) is 13.1. The summed E-state index contributed by atoms with van der Waals surface area (Å²) in [6, 6.07) is 4.84. The molecule has 0 radical (unpaired) electrons. The lowest BCUT2D eigenvalue weighted by atomic mass is 10.2. The summed E-state index contributed by atoms with van der Waals surface area (Å²) in [5.74, 6) is 0.825. The van der Waals surface area contributed by atoms with Crippen molar-refractivity contribution in [2.24, 2.45) is 5.92 Å². The first-order chi connectivity index (χ1) is 9.56. The number of nitrogens with zero attached hydrogens (tertiary/aromatic N) is 2. The molecule has 0 fully saturated rings. The van der Waals surface area contributed by atoms with Gasteiger partial charge in [0.25, 0.3) is 0 Å². The predicted molar refractivity (Wildman–Crippen MR) is 83.4 cm³/mol. The molecule has 1 heterocycles. The highest BCUT2D eigenvalue weighted by molar-refractivity contribution is 7.14. The first-order valence-electron chi connectivity index (χ1n) is 6.58. The van der Waals surface area contributed by atoms with Gasteiger partial charge in [0, 0.05) is 18.5 Å². The third kappa shape index (κ3) is 4.16. The zero-order chi connectivity index (χ0) is 14.5. The lowest BCUT2D eigenvalue weighted by Crippen LogP contribution is -2.22. The summed E-state index contributed by atoms with van der Waals surface area (Å²) in [4.78, 5) is 0. The molecule has 2 aromatic rings. The van der Waals surface area contributed by atoms with E-state index in [0.29, 0.717) is 10.9 Å². The van der Waals surface area contributed by atoms with Gasteiger partial charge in [0.1, 0.15) is 15.8 Å². The number of nitrogens with one attached hydrogen (secondary N) is 1. The maximum Gasteiger partial charge on any atom is 0.149 e. The summed E-state index contributed by atoms with van der Waals surface area (Å²) in [6.45, 7) is 6.25. The Morgan fingerprint density at radius 3 is 2.90 bits per heavy atom. The Bertz CT molecular complexity index is 571. The van der Waals surface area contributed by atoms with E-state index in [1.165, 1.54) is 11.3 Å². The SMILES string of the molecule is CC(C)CNCCc1nnc(-c2cc(O)ccc2Cl)s1. The van der Waals surface area contributed by atoms with Crippen LogP contribution in [0.5, 0.6) is 5.75 Å². The van der Waals surface area contributed by atoms with Gasteiger partial charge >= 0.3 is 0 Å². The maximum atomic E-state index is 9.52. The molecule has 1 aromatic heterocycles. The number of benzene rings is 1. The van der Waals surface area contributed by atoms with Gasteiger partial charge in [-0.1, -0.05) is 36.8 Å². The Morgan fingerprint density at radius 1 is 1.35 bits per heavy atom. The molecule has 0 amide bonds. The Kier molecular flexibility index (Phi) is 5.34. The lowest BCUT2D eigenvalue weighted by Gasteiger charge is -2.05. The molecule has 0 aliphatic heterocycles. The van der Waals surface area contributed by atoms with Crippen molar-refractivity contribution in [2.75, 3.05) is 13.1 Å². The van der Waals surface area contributed by atoms with Crippen LogP contribution in [0.25, 0.3) is 10.6 Å². The minimum Gasteiger partial charge on any atom is -0.508 e. The van der Waals surface area contributed by atoms with Crippen LogP contribution in [0, 0.1) is 5.92 Å². The Morgan fingerprint density at radius 2 is 2.15 bits per heavy atom. The molecule has 0 spiro atoms. The van der Waals surface area contributed by atoms with Gasteiger partial charge in [-0.25, -0.2) is 0 Å². The largest absolute Gasteiger partial charge is 0.508 e. The number of aromatic hydroxyl groups is 1. The van der Waals surface area contributed by atoms with Crippen LogP contribution in [-0.2, 0) is 6.42 Å². The van der Waals surface area contributed by atoms with Gasteiger partial charge in [-0.3, -0.25) is 0 Å². The van der Waals surface area contributed by atoms with Gasteiger partial charge in [0.05, 0.1) is 5.02 Å². The summed E-state index contributed by atoms with van der Waals surface area (Å²) in [5.41, 5.74) is 0.727. The molecule has 1 aromatic carbocycles. The van der Waals surface area contributed by atoms with Crippen molar-refractivity contribution in [1.82, 2.24) is 15.5 Å². The van der Waals surface area contributed by atoms with Crippen LogP contribution < -0.4 is 5.32 Å². The topological polar surface area (TPSA) is 58.0 Å². The number of aromatic nitrogens is 2. The minimum absolute atomic E-state index is 0.180. The Balaban J connectivity index is 2.00. The van der Waals surface area contributed by atoms with Crippen LogP contribution >= 0.6 is 22.9 Å². The van der Waals surface area contributed by atoms with Gasteiger partial charge in [0.2, 0.25) is 0 Å². The van der Waals surface area contributed by atoms with E-state index in [0.717, 1.165) is 35.1 Å². The van der Waals surface area contributed by atoms with Crippen molar-refractivity contribution < 1.29 is 5.11 Å². The molecule has 0 aliphatic rings. The van der Waals surface area contributed by atoms with Crippen molar-refractivity contribution in [2.45, 2.75) is 20.3 Å². The molecule has 2 N–H and O–H groups in total. The second-order valence-corrected chi connectivity index (χ2v) is 6.48. The molecule has 0 aliphatic carbocycles. The molecule has 0 atom stereocenters. The molecule has 2 rings (SSSR count). The number of rotatable bonds is 6. The fraction of sp³-hybridized carbons (Fsp3) is 0.429. The second kappa shape index (κ2) is 7.02. The van der Waals surface area contributed by atoms with Gasteiger partial charge in [-0.15, -0.1) is 10.2 Å². The highest BCUT2D eigenvalue weighted by Gasteiger charge is 2.11. The molecule has 20 heavy (non-hydrogen) atoms. The summed E-state index contributed by atoms with van der Waals surface area (Å²) >= 11 is 7.63. The standard InChI is InChI=1S/C14H18ClN3OS/c1-9(2)8-16-6-5-13-17-18-14(20-13)11-7-10(19)3-4-12(11)15/h3-4,7,9,16,19H,5-6,8H2,1-2H3. The van der Waals surface area contributed by atoms with Crippen LogP contribution in [0.4, 0.5) is 0 Å². The molecule has 4 nitrogen and oxygen atoms in total. The quantitative estimate of drug-likeness (QED) is 0.803. The van der Waals surface area contributed by atoms with Gasteiger partial charge in [-0.2, -0.15) is 0 Å². The van der Waals surface area contributed by atoms with Crippen molar-refractivity contribution in [1.29, 1.82) is 0 Å². The third-order valence-corrected chi connectivity index (χ3v) is 4.06. The molecule has 108 valence electrons. The molecule has 0 bridgehead atoms. The molecule has 6 heteroatoms. The fourth-order valence-corrected chi connectivity index (χ4v) is 2.86. The molecular formula is C14H18ClN3OS. The van der Waals surface area contributed by atoms with Crippen molar-refractivity contribution in [3.05, 3.63) is 28.2 Å². The maximum absolute atomic E-state index is 9.52. The summed E-state index contributed by atoms with van der Waals surface area (Å²) in [5, 5.41) is 23.5. The minimum atomic E-state index is 0.180. The van der Waals surface area contributed by atoms with Gasteiger partial charge in [-0.05, 0) is 30.7 Å². The summed E-state index contributed by atoms with van der Waals surface area (Å²) < 4.78 is 0. The fourth-order valence-electron chi connectivity index (χ4n) is 1.73. The first kappa shape index (κ1) is 15.2. The van der Waals surface area contributed by atoms with E-state index in [9.17, 15) is 5.11 Å². The van der Waals surface area contributed by atoms with Crippen molar-refractivity contribution >= 4 is 22.9 Å². The van der Waals surface area contributed by atoms with Crippen LogP contribution in [0.1, 0.15) is 18.9 Å². The number of hydrogen-bond acceptors (Lipinski definition) is 5. The molecular weight excluding hydrogens is 294 g/mol. The average Bonchev–Trinajstić information content (AvgIpc) is 2.86. The van der Waals surface area contributed by atoms with E-state index < -0.39 is 0 Å². The van der Waals surface area contributed by atoms with E-state index in [2.05, 4.69) is 29.4 Å². The third-order valence-electron chi connectivity index (χ3n) is 2.72. The van der Waals surface area contributed by atoms with Gasteiger partial charge < -0.3 is 10.4 Å². The van der Waals surface area contributed by atoms with E-state index in [1.54, 1.807) is 18.2 Å². The van der Waals surface area contributed by atoms with Crippen LogP contribution in [0.15, 0.2) is 18.2 Å². The van der Waals surface area contributed by atoms with Crippen molar-refractivity contribution in [3.63, 3.8) is 0 Å². The van der Waals surface area contributed by atoms with E-state index >= 15 is 0 Å². The number of halogens is 1. The Hall–Kier alpha value is -1.17. The summed E-state index contributed by atoms with van der Waals surface area (Å²) in [7, 11) is 0. The molecule has 0 saturated heterocycles. The van der Waals surface area contributed by atoms with Crippen LogP contribution in [-0.4, -0.2) is 28.4 Å². The van der Waals surface area contributed by atoms with Crippen LogP contribution in [0.2, 0.25) is 5.02 Å². The average molecular weight is 312 g/mol. The van der Waals surface area contributed by atoms with E-state index in [-0.39, 0.29) is 5.75 Å². The van der Waals surface area contributed by atoms with E-state index in [1.807, 2.05) is 0 Å². The predicted octanol–water partition coefficient (Wildman–Crippen LogP) is 3.35. The smallest absolute Gasteiger partial charge is 0.149 e. The number of hydrogen-bond donors (Lipinski definition) is 2. The van der Waals surface area contributed by atoms with Crippen LogP contribution in [0.3, 0.4) is 0 Å². The number of phenols is 1. The zero-order valence-electron chi connectivity index (χ0n) is 11.6. The monoisotopic (exact) mass is 311 g/mol. The summed E-state index contributed by atoms with van der Waals surface area (Å²) in [6.07, 6.45) is 0.848. The highest BCUT2D eigenvalue weighted by atomic mass is 35.5. The lowest BCUT2D eigenvalue weighted by molar-refractivity contribution is 0.475. The number of phenolic OH excluding ortho intramolecular Hbond substituents is 1. The first-order valence-corrected chi connectivity index (χ1v) is 7.77. The molecule has 0 unspecified atom stereocenters. The van der Waals surface area contributed by atoms with E-state index in [4.69, 9.17) is 11.6 Å². The highest BCUT2D eigenvalue weighted by Crippen LogP contribution is 2.32. The van der Waals surface area contributed by atoms with Crippen molar-refractivity contribution in [3.8, 4) is 16.3 Å². The van der Waals surface area contributed by atoms with Gasteiger partial charge in [0.15, 0.2) is 0 Å². The normalized spacial score (nSPS) is 11.2.